The minimum Gasteiger partial charge on any atom is -0.469 e. The largest absolute Gasteiger partial charge is 0.469 e. The van der Waals surface area contributed by atoms with Crippen LogP contribution in [0.3, 0.4) is 0 Å². The summed E-state index contributed by atoms with van der Waals surface area (Å²) in [6.07, 6.45) is 3.10. The second kappa shape index (κ2) is 7.63. The van der Waals surface area contributed by atoms with Gasteiger partial charge in [-0.3, -0.25) is 4.79 Å². The van der Waals surface area contributed by atoms with Gasteiger partial charge in [-0.2, -0.15) is 0 Å². The molecule has 0 aliphatic carbocycles. The van der Waals surface area contributed by atoms with Crippen LogP contribution in [0.1, 0.15) is 24.4 Å². The van der Waals surface area contributed by atoms with Crippen molar-refractivity contribution in [1.82, 2.24) is 5.32 Å². The van der Waals surface area contributed by atoms with Gasteiger partial charge in [0.05, 0.1) is 13.5 Å². The van der Waals surface area contributed by atoms with E-state index in [1.807, 2.05) is 24.3 Å². The first-order valence-corrected chi connectivity index (χ1v) is 5.74. The monoisotopic (exact) mass is 233 g/mol. The Morgan fingerprint density at radius 3 is 2.76 bits per heavy atom. The molecule has 0 fully saturated rings. The van der Waals surface area contributed by atoms with E-state index in [0.29, 0.717) is 13.0 Å². The van der Waals surface area contributed by atoms with Crippen LogP contribution >= 0.6 is 0 Å². The van der Waals surface area contributed by atoms with E-state index < -0.39 is 0 Å². The van der Waals surface area contributed by atoms with Crippen LogP contribution in [0.2, 0.25) is 0 Å². The van der Waals surface area contributed by atoms with Crippen molar-refractivity contribution in [2.75, 3.05) is 13.7 Å². The van der Waals surface area contributed by atoms with Gasteiger partial charge in [0.25, 0.3) is 0 Å². The number of hydrogen-bond donors (Lipinski definition) is 1. The lowest BCUT2D eigenvalue weighted by molar-refractivity contribution is -0.140. The summed E-state index contributed by atoms with van der Waals surface area (Å²) in [5, 5.41) is 3.33. The first kappa shape index (κ1) is 13.5. The summed E-state index contributed by atoms with van der Waals surface area (Å²) < 4.78 is 4.60. The Balaban J connectivity index is 2.49. The summed E-state index contributed by atoms with van der Waals surface area (Å²) in [7, 11) is 1.40. The summed E-state index contributed by atoms with van der Waals surface area (Å²) in [6.45, 7) is 4.36. The highest BCUT2D eigenvalue weighted by Gasteiger charge is 2.09. The fourth-order valence-electron chi connectivity index (χ4n) is 1.64. The molecule has 0 spiro atoms. The van der Waals surface area contributed by atoms with Gasteiger partial charge in [-0.15, -0.1) is 6.58 Å². The molecule has 1 N–H and O–H groups in total. The van der Waals surface area contributed by atoms with E-state index in [0.717, 1.165) is 6.42 Å². The molecular formula is C14H19NO2. The fourth-order valence-corrected chi connectivity index (χ4v) is 1.64. The number of hydrogen-bond acceptors (Lipinski definition) is 3. The van der Waals surface area contributed by atoms with Crippen LogP contribution in [0.25, 0.3) is 0 Å². The van der Waals surface area contributed by atoms with Crippen molar-refractivity contribution in [1.29, 1.82) is 0 Å². The SMILES string of the molecule is C=CCC(NCCC(=O)OC)c1ccccc1. The predicted octanol–water partition coefficient (Wildman–Crippen LogP) is 2.46. The van der Waals surface area contributed by atoms with Crippen LogP contribution < -0.4 is 5.32 Å². The minimum absolute atomic E-state index is 0.192. The number of carbonyl (C=O) groups excluding carboxylic acids is 1. The van der Waals surface area contributed by atoms with E-state index in [4.69, 9.17) is 0 Å². The summed E-state index contributed by atoms with van der Waals surface area (Å²) in [5.74, 6) is -0.192. The molecule has 0 aliphatic rings. The minimum atomic E-state index is -0.192. The van der Waals surface area contributed by atoms with E-state index in [1.165, 1.54) is 12.7 Å². The maximum Gasteiger partial charge on any atom is 0.306 e. The standard InChI is InChI=1S/C14H19NO2/c1-3-7-13(12-8-5-4-6-9-12)15-11-10-14(16)17-2/h3-6,8-9,13,15H,1,7,10-11H2,2H3. The van der Waals surface area contributed by atoms with Crippen molar-refractivity contribution < 1.29 is 9.53 Å². The van der Waals surface area contributed by atoms with Crippen LogP contribution in [0, 0.1) is 0 Å². The quantitative estimate of drug-likeness (QED) is 0.580. The normalized spacial score (nSPS) is 11.8. The van der Waals surface area contributed by atoms with Crippen LogP contribution in [0.4, 0.5) is 0 Å². The summed E-state index contributed by atoms with van der Waals surface area (Å²) in [4.78, 5) is 11.0. The Morgan fingerprint density at radius 1 is 1.47 bits per heavy atom. The third kappa shape index (κ3) is 4.83. The zero-order valence-electron chi connectivity index (χ0n) is 10.2. The van der Waals surface area contributed by atoms with Gasteiger partial charge < -0.3 is 10.1 Å². The topological polar surface area (TPSA) is 38.3 Å². The Labute approximate surface area is 102 Å². The smallest absolute Gasteiger partial charge is 0.306 e. The van der Waals surface area contributed by atoms with Gasteiger partial charge in [0.1, 0.15) is 0 Å². The van der Waals surface area contributed by atoms with Crippen molar-refractivity contribution in [2.45, 2.75) is 18.9 Å². The van der Waals surface area contributed by atoms with Crippen molar-refractivity contribution in [3.05, 3.63) is 48.6 Å². The van der Waals surface area contributed by atoms with E-state index in [-0.39, 0.29) is 12.0 Å². The van der Waals surface area contributed by atoms with Gasteiger partial charge >= 0.3 is 5.97 Å². The Kier molecular flexibility index (Phi) is 6.04. The third-order valence-electron chi connectivity index (χ3n) is 2.55. The van der Waals surface area contributed by atoms with Gasteiger partial charge in [-0.25, -0.2) is 0 Å². The highest BCUT2D eigenvalue weighted by molar-refractivity contribution is 5.69. The molecule has 92 valence electrons. The Morgan fingerprint density at radius 2 is 2.18 bits per heavy atom. The molecule has 3 heteroatoms. The van der Waals surface area contributed by atoms with Crippen molar-refractivity contribution in [2.24, 2.45) is 0 Å². The van der Waals surface area contributed by atoms with Gasteiger partial charge in [0, 0.05) is 12.6 Å². The number of nitrogens with one attached hydrogen (secondary N) is 1. The summed E-state index contributed by atoms with van der Waals surface area (Å²) in [6, 6.07) is 10.3. The number of benzene rings is 1. The van der Waals surface area contributed by atoms with E-state index in [9.17, 15) is 4.79 Å². The van der Waals surface area contributed by atoms with Gasteiger partial charge in [-0.1, -0.05) is 36.4 Å². The second-order valence-electron chi connectivity index (χ2n) is 3.77. The molecule has 3 nitrogen and oxygen atoms in total. The van der Waals surface area contributed by atoms with Gasteiger partial charge in [0.2, 0.25) is 0 Å². The van der Waals surface area contributed by atoms with E-state index >= 15 is 0 Å². The number of ether oxygens (including phenoxy) is 1. The summed E-state index contributed by atoms with van der Waals surface area (Å²) in [5.41, 5.74) is 1.21. The molecule has 0 bridgehead atoms. The van der Waals surface area contributed by atoms with Gasteiger partial charge in [0.15, 0.2) is 0 Å². The highest BCUT2D eigenvalue weighted by atomic mass is 16.5. The lowest BCUT2D eigenvalue weighted by Gasteiger charge is -2.17. The number of carbonyl (C=O) groups is 1. The second-order valence-corrected chi connectivity index (χ2v) is 3.77. The van der Waals surface area contributed by atoms with Crippen LogP contribution in [0.5, 0.6) is 0 Å². The molecule has 0 saturated heterocycles. The maximum atomic E-state index is 11.0. The number of rotatable bonds is 7. The number of esters is 1. The molecule has 0 radical (unpaired) electrons. The van der Waals surface area contributed by atoms with E-state index in [2.05, 4.69) is 28.8 Å². The van der Waals surface area contributed by atoms with Crippen molar-refractivity contribution in [3.8, 4) is 0 Å². The van der Waals surface area contributed by atoms with Crippen molar-refractivity contribution in [3.63, 3.8) is 0 Å². The zero-order valence-corrected chi connectivity index (χ0v) is 10.2. The van der Waals surface area contributed by atoms with Gasteiger partial charge in [-0.05, 0) is 12.0 Å². The molecule has 1 unspecified atom stereocenters. The average Bonchev–Trinajstić information content (AvgIpc) is 2.38. The molecule has 1 aromatic rings. The Hall–Kier alpha value is -1.61. The van der Waals surface area contributed by atoms with E-state index in [1.54, 1.807) is 0 Å². The summed E-state index contributed by atoms with van der Waals surface area (Å²) >= 11 is 0. The number of methoxy groups -OCH3 is 1. The molecule has 0 aliphatic heterocycles. The molecule has 0 amide bonds. The van der Waals surface area contributed by atoms with Crippen LogP contribution in [-0.2, 0) is 9.53 Å². The first-order chi connectivity index (χ1) is 8.27. The predicted molar refractivity (Wildman–Crippen MR) is 68.6 cm³/mol. The average molecular weight is 233 g/mol. The third-order valence-corrected chi connectivity index (χ3v) is 2.55. The molecule has 1 aromatic carbocycles. The highest BCUT2D eigenvalue weighted by Crippen LogP contribution is 2.16. The molecular weight excluding hydrogens is 214 g/mol. The molecule has 0 heterocycles. The first-order valence-electron chi connectivity index (χ1n) is 5.74. The van der Waals surface area contributed by atoms with Crippen LogP contribution in [-0.4, -0.2) is 19.6 Å². The fraction of sp³-hybridized carbons (Fsp3) is 0.357. The molecule has 1 atom stereocenters. The Bertz CT molecular complexity index is 348. The lowest BCUT2D eigenvalue weighted by atomic mass is 10.0. The molecule has 0 aromatic heterocycles. The maximum absolute atomic E-state index is 11.0. The lowest BCUT2D eigenvalue weighted by Crippen LogP contribution is -2.24. The molecule has 17 heavy (non-hydrogen) atoms. The van der Waals surface area contributed by atoms with Crippen LogP contribution in [0.15, 0.2) is 43.0 Å². The molecule has 0 saturated carbocycles. The molecule has 1 rings (SSSR count). The zero-order chi connectivity index (χ0) is 12.5. The van der Waals surface area contributed by atoms with Crippen molar-refractivity contribution >= 4 is 5.97 Å².